The Hall–Kier alpha value is -0.940. The van der Waals surface area contributed by atoms with Gasteiger partial charge in [-0.15, -0.1) is 11.3 Å². The minimum atomic E-state index is -0.157. The monoisotopic (exact) mass is 228 g/mol. The van der Waals surface area contributed by atoms with Gasteiger partial charge in [0.1, 0.15) is 0 Å². The van der Waals surface area contributed by atoms with E-state index >= 15 is 0 Å². The van der Waals surface area contributed by atoms with Gasteiger partial charge >= 0.3 is 5.97 Å². The van der Waals surface area contributed by atoms with E-state index in [1.165, 1.54) is 0 Å². The maximum Gasteiger partial charge on any atom is 0.307 e. The molecule has 84 valence electrons. The first-order chi connectivity index (χ1) is 7.24. The summed E-state index contributed by atoms with van der Waals surface area (Å²) in [7, 11) is 0. The number of aromatic nitrogens is 1. The highest BCUT2D eigenvalue weighted by atomic mass is 32.1. The van der Waals surface area contributed by atoms with Crippen LogP contribution in [-0.2, 0) is 9.53 Å². The Balaban J connectivity index is 2.18. The summed E-state index contributed by atoms with van der Waals surface area (Å²) in [4.78, 5) is 15.2. The van der Waals surface area contributed by atoms with E-state index in [0.29, 0.717) is 19.6 Å². The van der Waals surface area contributed by atoms with Crippen LogP contribution in [0.5, 0.6) is 0 Å². The lowest BCUT2D eigenvalue weighted by molar-refractivity contribution is -0.143. The summed E-state index contributed by atoms with van der Waals surface area (Å²) in [5.74, 6) is -0.157. The van der Waals surface area contributed by atoms with Gasteiger partial charge in [-0.1, -0.05) is 0 Å². The van der Waals surface area contributed by atoms with Gasteiger partial charge < -0.3 is 10.1 Å². The molecular weight excluding hydrogens is 212 g/mol. The number of ether oxygens (including phenoxy) is 1. The van der Waals surface area contributed by atoms with E-state index in [2.05, 4.69) is 10.3 Å². The van der Waals surface area contributed by atoms with Crippen molar-refractivity contribution in [2.24, 2.45) is 0 Å². The van der Waals surface area contributed by atoms with Crippen molar-refractivity contribution in [2.75, 3.05) is 13.2 Å². The lowest BCUT2D eigenvalue weighted by Crippen LogP contribution is -2.22. The molecule has 1 atom stereocenters. The lowest BCUT2D eigenvalue weighted by Gasteiger charge is -2.10. The van der Waals surface area contributed by atoms with Gasteiger partial charge in [0.15, 0.2) is 0 Å². The smallest absolute Gasteiger partial charge is 0.307 e. The van der Waals surface area contributed by atoms with Gasteiger partial charge in [0, 0.05) is 18.0 Å². The van der Waals surface area contributed by atoms with Crippen molar-refractivity contribution in [1.29, 1.82) is 0 Å². The van der Waals surface area contributed by atoms with Crippen LogP contribution in [0, 0.1) is 0 Å². The number of esters is 1. The van der Waals surface area contributed by atoms with Crippen molar-refractivity contribution < 1.29 is 9.53 Å². The normalized spacial score (nSPS) is 12.4. The van der Waals surface area contributed by atoms with Gasteiger partial charge in [-0.05, 0) is 13.8 Å². The molecule has 0 aliphatic rings. The predicted octanol–water partition coefficient (Wildman–Crippen LogP) is 1.75. The van der Waals surface area contributed by atoms with E-state index in [-0.39, 0.29) is 12.0 Å². The summed E-state index contributed by atoms with van der Waals surface area (Å²) >= 11 is 1.57. The van der Waals surface area contributed by atoms with Crippen molar-refractivity contribution in [3.63, 3.8) is 0 Å². The number of carbonyl (C=O) groups excluding carboxylic acids is 1. The van der Waals surface area contributed by atoms with Crippen LogP contribution in [0.25, 0.3) is 0 Å². The molecule has 0 fully saturated rings. The standard InChI is InChI=1S/C10H16N2O2S/c1-3-14-10(13)4-5-11-8(2)9-6-15-7-12-9/h6-8,11H,3-5H2,1-2H3. The van der Waals surface area contributed by atoms with E-state index in [1.807, 2.05) is 19.2 Å². The summed E-state index contributed by atoms with van der Waals surface area (Å²) in [6.45, 7) is 4.90. The molecule has 0 aliphatic carbocycles. The molecule has 1 aromatic heterocycles. The SMILES string of the molecule is CCOC(=O)CCNC(C)c1cscn1. The van der Waals surface area contributed by atoms with Gasteiger partial charge in [0.25, 0.3) is 0 Å². The third kappa shape index (κ3) is 4.40. The third-order valence-corrected chi connectivity index (χ3v) is 2.58. The Morgan fingerprint density at radius 3 is 3.13 bits per heavy atom. The third-order valence-electron chi connectivity index (χ3n) is 1.98. The summed E-state index contributed by atoms with van der Waals surface area (Å²) in [6, 6.07) is 0.186. The van der Waals surface area contributed by atoms with Gasteiger partial charge in [0.05, 0.1) is 24.2 Å². The zero-order valence-electron chi connectivity index (χ0n) is 9.03. The summed E-state index contributed by atoms with van der Waals surface area (Å²) < 4.78 is 4.82. The van der Waals surface area contributed by atoms with Crippen molar-refractivity contribution in [3.05, 3.63) is 16.6 Å². The highest BCUT2D eigenvalue weighted by molar-refractivity contribution is 7.07. The highest BCUT2D eigenvalue weighted by Gasteiger charge is 2.07. The van der Waals surface area contributed by atoms with Gasteiger partial charge in [-0.3, -0.25) is 4.79 Å². The second-order valence-electron chi connectivity index (χ2n) is 3.14. The molecular formula is C10H16N2O2S. The zero-order valence-corrected chi connectivity index (χ0v) is 9.84. The van der Waals surface area contributed by atoms with Crippen molar-refractivity contribution >= 4 is 17.3 Å². The second kappa shape index (κ2) is 6.53. The van der Waals surface area contributed by atoms with Gasteiger partial charge in [-0.2, -0.15) is 0 Å². The quantitative estimate of drug-likeness (QED) is 0.754. The van der Waals surface area contributed by atoms with Crippen LogP contribution in [0.4, 0.5) is 0 Å². The van der Waals surface area contributed by atoms with E-state index in [4.69, 9.17) is 4.74 Å². The van der Waals surface area contributed by atoms with Crippen LogP contribution in [-0.4, -0.2) is 24.1 Å². The molecule has 4 nitrogen and oxygen atoms in total. The fraction of sp³-hybridized carbons (Fsp3) is 0.600. The first kappa shape index (κ1) is 12.1. The number of rotatable bonds is 6. The molecule has 1 heterocycles. The van der Waals surface area contributed by atoms with E-state index in [0.717, 1.165) is 5.69 Å². The van der Waals surface area contributed by atoms with Crippen LogP contribution in [0.1, 0.15) is 32.0 Å². The molecule has 15 heavy (non-hydrogen) atoms. The minimum Gasteiger partial charge on any atom is -0.466 e. The van der Waals surface area contributed by atoms with Crippen LogP contribution in [0.15, 0.2) is 10.9 Å². The Bertz CT molecular complexity index is 288. The number of hydrogen-bond acceptors (Lipinski definition) is 5. The average Bonchev–Trinajstić information content (AvgIpc) is 2.70. The molecule has 0 radical (unpaired) electrons. The molecule has 0 aliphatic heterocycles. The number of nitrogens with zero attached hydrogens (tertiary/aromatic N) is 1. The van der Waals surface area contributed by atoms with E-state index < -0.39 is 0 Å². The summed E-state index contributed by atoms with van der Waals surface area (Å²) in [5, 5.41) is 5.22. The number of thiazole rings is 1. The van der Waals surface area contributed by atoms with Crippen molar-refractivity contribution in [2.45, 2.75) is 26.3 Å². The fourth-order valence-corrected chi connectivity index (χ4v) is 1.81. The number of nitrogens with one attached hydrogen (secondary N) is 1. The molecule has 1 N–H and O–H groups in total. The minimum absolute atomic E-state index is 0.157. The molecule has 0 spiro atoms. The Kier molecular flexibility index (Phi) is 5.28. The molecule has 0 amide bonds. The molecule has 0 saturated carbocycles. The molecule has 5 heteroatoms. The Labute approximate surface area is 93.7 Å². The van der Waals surface area contributed by atoms with Crippen LogP contribution in [0.2, 0.25) is 0 Å². The topological polar surface area (TPSA) is 51.2 Å². The Morgan fingerprint density at radius 1 is 1.73 bits per heavy atom. The largest absolute Gasteiger partial charge is 0.466 e. The van der Waals surface area contributed by atoms with Gasteiger partial charge in [0.2, 0.25) is 0 Å². The maximum absolute atomic E-state index is 11.0. The highest BCUT2D eigenvalue weighted by Crippen LogP contribution is 2.11. The van der Waals surface area contributed by atoms with Crippen LogP contribution in [0.3, 0.4) is 0 Å². The van der Waals surface area contributed by atoms with Crippen molar-refractivity contribution in [1.82, 2.24) is 10.3 Å². The lowest BCUT2D eigenvalue weighted by atomic mass is 10.2. The predicted molar refractivity (Wildman–Crippen MR) is 59.8 cm³/mol. The van der Waals surface area contributed by atoms with Gasteiger partial charge in [-0.25, -0.2) is 4.98 Å². The maximum atomic E-state index is 11.0. The molecule has 0 saturated heterocycles. The van der Waals surface area contributed by atoms with E-state index in [1.54, 1.807) is 16.8 Å². The molecule has 0 bridgehead atoms. The van der Waals surface area contributed by atoms with E-state index in [9.17, 15) is 4.79 Å². The average molecular weight is 228 g/mol. The summed E-state index contributed by atoms with van der Waals surface area (Å²) in [6.07, 6.45) is 0.405. The van der Waals surface area contributed by atoms with Crippen LogP contribution < -0.4 is 5.32 Å². The van der Waals surface area contributed by atoms with Crippen LogP contribution >= 0.6 is 11.3 Å². The molecule has 1 unspecified atom stereocenters. The first-order valence-electron chi connectivity index (χ1n) is 5.01. The second-order valence-corrected chi connectivity index (χ2v) is 3.86. The summed E-state index contributed by atoms with van der Waals surface area (Å²) in [5.41, 5.74) is 2.82. The Morgan fingerprint density at radius 2 is 2.53 bits per heavy atom. The first-order valence-corrected chi connectivity index (χ1v) is 5.95. The molecule has 0 aromatic carbocycles. The molecule has 1 aromatic rings. The fourth-order valence-electron chi connectivity index (χ4n) is 1.16. The molecule has 1 rings (SSSR count). The zero-order chi connectivity index (χ0) is 11.1. The number of hydrogen-bond donors (Lipinski definition) is 1. The van der Waals surface area contributed by atoms with Crippen molar-refractivity contribution in [3.8, 4) is 0 Å². The number of carbonyl (C=O) groups is 1.